The molecule has 0 bridgehead atoms. The summed E-state index contributed by atoms with van der Waals surface area (Å²) in [6.07, 6.45) is 0. The highest BCUT2D eigenvalue weighted by Crippen LogP contribution is 2.31. The van der Waals surface area contributed by atoms with Crippen molar-refractivity contribution in [1.82, 2.24) is 0 Å². The topological polar surface area (TPSA) is 55.4 Å². The maximum atomic E-state index is 12.6. The third-order valence-electron chi connectivity index (χ3n) is 2.86. The van der Waals surface area contributed by atoms with Crippen LogP contribution >= 0.6 is 27.5 Å². The molecule has 0 saturated heterocycles. The monoisotopic (exact) mass is 403 g/mol. The zero-order valence-electron chi connectivity index (χ0n) is 12.1. The zero-order valence-corrected chi connectivity index (χ0v) is 15.2. The highest BCUT2D eigenvalue weighted by molar-refractivity contribution is 9.10. The Labute approximate surface area is 143 Å². The van der Waals surface area contributed by atoms with Gasteiger partial charge in [-0.1, -0.05) is 33.6 Å². The predicted octanol–water partition coefficient (Wildman–Crippen LogP) is 4.61. The molecule has 0 saturated carbocycles. The van der Waals surface area contributed by atoms with Gasteiger partial charge in [0.25, 0.3) is 10.0 Å². The molecule has 0 radical (unpaired) electrons. The van der Waals surface area contributed by atoms with E-state index < -0.39 is 10.0 Å². The first-order chi connectivity index (χ1) is 10.3. The third-order valence-corrected chi connectivity index (χ3v) is 5.06. The van der Waals surface area contributed by atoms with Gasteiger partial charge >= 0.3 is 0 Å². The molecule has 0 aliphatic carbocycles. The van der Waals surface area contributed by atoms with Crippen LogP contribution in [-0.2, 0) is 10.0 Å². The highest BCUT2D eigenvalue weighted by atomic mass is 79.9. The van der Waals surface area contributed by atoms with E-state index in [4.69, 9.17) is 16.3 Å². The second-order valence-electron chi connectivity index (χ2n) is 4.61. The van der Waals surface area contributed by atoms with E-state index >= 15 is 0 Å². The van der Waals surface area contributed by atoms with E-state index in [0.717, 1.165) is 5.56 Å². The number of rotatable bonds is 5. The van der Waals surface area contributed by atoms with Crippen LogP contribution in [0.25, 0.3) is 0 Å². The third kappa shape index (κ3) is 3.94. The summed E-state index contributed by atoms with van der Waals surface area (Å²) in [5.41, 5.74) is 1.28. The van der Waals surface area contributed by atoms with Crippen molar-refractivity contribution in [3.63, 3.8) is 0 Å². The fourth-order valence-corrected chi connectivity index (χ4v) is 3.97. The molecule has 0 heterocycles. The minimum atomic E-state index is -3.81. The molecular formula is C15H15BrClNO3S. The quantitative estimate of drug-likeness (QED) is 0.791. The van der Waals surface area contributed by atoms with Crippen LogP contribution in [0.3, 0.4) is 0 Å². The van der Waals surface area contributed by atoms with Crippen molar-refractivity contribution in [3.05, 3.63) is 51.5 Å². The summed E-state index contributed by atoms with van der Waals surface area (Å²) >= 11 is 9.36. The first kappa shape index (κ1) is 17.1. The van der Waals surface area contributed by atoms with Crippen molar-refractivity contribution in [2.75, 3.05) is 11.3 Å². The number of anilines is 1. The van der Waals surface area contributed by atoms with Gasteiger partial charge in [-0.3, -0.25) is 4.72 Å². The van der Waals surface area contributed by atoms with Crippen LogP contribution < -0.4 is 9.46 Å². The van der Waals surface area contributed by atoms with Crippen molar-refractivity contribution in [1.29, 1.82) is 0 Å². The average Bonchev–Trinajstić information content (AvgIpc) is 2.44. The number of hydrogen-bond donors (Lipinski definition) is 1. The van der Waals surface area contributed by atoms with Gasteiger partial charge in [-0.2, -0.15) is 0 Å². The number of ether oxygens (including phenoxy) is 1. The number of sulfonamides is 1. The molecule has 0 aromatic heterocycles. The molecule has 4 nitrogen and oxygen atoms in total. The van der Waals surface area contributed by atoms with E-state index in [0.29, 0.717) is 27.5 Å². The van der Waals surface area contributed by atoms with Crippen molar-refractivity contribution in [2.45, 2.75) is 18.7 Å². The van der Waals surface area contributed by atoms with Crippen LogP contribution in [0.15, 0.2) is 45.8 Å². The Morgan fingerprint density at radius 3 is 2.59 bits per heavy atom. The number of hydrogen-bond acceptors (Lipinski definition) is 3. The summed E-state index contributed by atoms with van der Waals surface area (Å²) < 4.78 is 33.8. The highest BCUT2D eigenvalue weighted by Gasteiger charge is 2.21. The van der Waals surface area contributed by atoms with E-state index in [2.05, 4.69) is 20.7 Å². The van der Waals surface area contributed by atoms with Crippen molar-refractivity contribution < 1.29 is 13.2 Å². The van der Waals surface area contributed by atoms with Crippen molar-refractivity contribution in [2.24, 2.45) is 0 Å². The standard InChI is InChI=1S/C15H15BrClNO3S/c1-3-21-14-7-5-11(16)9-15(14)22(19,20)18-13-6-4-10(2)8-12(13)17/h4-9,18H,3H2,1-2H3. The summed E-state index contributed by atoms with van der Waals surface area (Å²) in [5.74, 6) is 0.293. The Hall–Kier alpha value is -1.24. The lowest BCUT2D eigenvalue weighted by Crippen LogP contribution is -2.15. The maximum absolute atomic E-state index is 12.6. The van der Waals surface area contributed by atoms with Gasteiger partial charge in [-0.25, -0.2) is 8.42 Å². The van der Waals surface area contributed by atoms with Gasteiger partial charge in [0.05, 0.1) is 17.3 Å². The van der Waals surface area contributed by atoms with Crippen LogP contribution in [0.5, 0.6) is 5.75 Å². The molecule has 2 aromatic carbocycles. The van der Waals surface area contributed by atoms with Gasteiger partial charge in [0.2, 0.25) is 0 Å². The summed E-state index contributed by atoms with van der Waals surface area (Å²) in [6.45, 7) is 4.05. The van der Waals surface area contributed by atoms with Crippen LogP contribution in [0.2, 0.25) is 5.02 Å². The second kappa shape index (κ2) is 6.89. The smallest absolute Gasteiger partial charge is 0.265 e. The first-order valence-electron chi connectivity index (χ1n) is 6.55. The van der Waals surface area contributed by atoms with Gasteiger partial charge < -0.3 is 4.74 Å². The number of aryl methyl sites for hydroxylation is 1. The molecule has 0 atom stereocenters. The first-order valence-corrected chi connectivity index (χ1v) is 9.20. The fraction of sp³-hybridized carbons (Fsp3) is 0.200. The lowest BCUT2D eigenvalue weighted by Gasteiger charge is -2.14. The largest absolute Gasteiger partial charge is 0.492 e. The van der Waals surface area contributed by atoms with Crippen molar-refractivity contribution >= 4 is 43.2 Å². The SMILES string of the molecule is CCOc1ccc(Br)cc1S(=O)(=O)Nc1ccc(C)cc1Cl. The van der Waals surface area contributed by atoms with Gasteiger partial charge in [-0.05, 0) is 49.7 Å². The molecule has 1 N–H and O–H groups in total. The molecule has 0 spiro atoms. The molecule has 118 valence electrons. The number of halogens is 2. The molecule has 2 aromatic rings. The van der Waals surface area contributed by atoms with Crippen LogP contribution in [0, 0.1) is 6.92 Å². The minimum absolute atomic E-state index is 0.0559. The van der Waals surface area contributed by atoms with E-state index in [1.165, 1.54) is 6.07 Å². The molecule has 22 heavy (non-hydrogen) atoms. The second-order valence-corrected chi connectivity index (χ2v) is 7.59. The molecule has 0 unspecified atom stereocenters. The molecular weight excluding hydrogens is 390 g/mol. The van der Waals surface area contributed by atoms with Gasteiger partial charge in [0, 0.05) is 4.47 Å². The molecule has 0 aliphatic heterocycles. The summed E-state index contributed by atoms with van der Waals surface area (Å²) in [6, 6.07) is 9.95. The summed E-state index contributed by atoms with van der Waals surface area (Å²) in [7, 11) is -3.81. The Balaban J connectivity index is 2.44. The lowest BCUT2D eigenvalue weighted by atomic mass is 10.2. The normalized spacial score (nSPS) is 11.3. The average molecular weight is 405 g/mol. The fourth-order valence-electron chi connectivity index (χ4n) is 1.87. The minimum Gasteiger partial charge on any atom is -0.492 e. The number of benzene rings is 2. The molecule has 0 aliphatic rings. The maximum Gasteiger partial charge on any atom is 0.265 e. The van der Waals surface area contributed by atoms with E-state index in [1.54, 1.807) is 37.3 Å². The zero-order chi connectivity index (χ0) is 16.3. The van der Waals surface area contributed by atoms with Crippen molar-refractivity contribution in [3.8, 4) is 5.75 Å². The molecule has 0 amide bonds. The molecule has 7 heteroatoms. The Morgan fingerprint density at radius 1 is 1.23 bits per heavy atom. The Bertz CT molecular complexity index is 793. The van der Waals surface area contributed by atoms with Crippen LogP contribution in [0.1, 0.15) is 12.5 Å². The molecule has 0 fully saturated rings. The summed E-state index contributed by atoms with van der Waals surface area (Å²) in [5, 5.41) is 0.344. The van der Waals surface area contributed by atoms with Crippen LogP contribution in [0.4, 0.5) is 5.69 Å². The Kier molecular flexibility index (Phi) is 5.36. The van der Waals surface area contributed by atoms with Gasteiger partial charge in [0.1, 0.15) is 10.6 Å². The van der Waals surface area contributed by atoms with Gasteiger partial charge in [-0.15, -0.1) is 0 Å². The predicted molar refractivity (Wildman–Crippen MR) is 92.3 cm³/mol. The Morgan fingerprint density at radius 2 is 1.95 bits per heavy atom. The molecule has 2 rings (SSSR count). The number of nitrogens with one attached hydrogen (secondary N) is 1. The van der Waals surface area contributed by atoms with Crippen LogP contribution in [-0.4, -0.2) is 15.0 Å². The van der Waals surface area contributed by atoms with E-state index in [9.17, 15) is 8.42 Å². The lowest BCUT2D eigenvalue weighted by molar-refractivity contribution is 0.331. The van der Waals surface area contributed by atoms with E-state index in [1.807, 2.05) is 6.92 Å². The summed E-state index contributed by atoms with van der Waals surface area (Å²) in [4.78, 5) is 0.0559. The van der Waals surface area contributed by atoms with Gasteiger partial charge in [0.15, 0.2) is 0 Å². The van der Waals surface area contributed by atoms with E-state index in [-0.39, 0.29) is 4.90 Å².